The van der Waals surface area contributed by atoms with E-state index < -0.39 is 5.97 Å². The normalized spacial score (nSPS) is 10.1. The molecule has 0 radical (unpaired) electrons. The molecule has 7 heteroatoms. The predicted octanol–water partition coefficient (Wildman–Crippen LogP) is 4.22. The summed E-state index contributed by atoms with van der Waals surface area (Å²) in [4.78, 5) is 23.2. The molecular weight excluding hydrogens is 351 g/mol. The Balaban J connectivity index is 1.80. The number of halogens is 2. The molecule has 2 aromatic rings. The van der Waals surface area contributed by atoms with Gasteiger partial charge in [-0.05, 0) is 42.5 Å². The fraction of sp³-hybridized carbons (Fsp3) is 0.176. The lowest BCUT2D eigenvalue weighted by molar-refractivity contribution is -0.115. The standard InChI is InChI=1S/C17H16Cl2N2O3/c1-24-17(23)11-2-4-12(5-3-11)21-16(22)8-9-20-13-6-7-14(18)15(19)10-13/h2-7,10,20H,8-9H2,1H3,(H,21,22). The molecule has 0 heterocycles. The van der Waals surface area contributed by atoms with Crippen LogP contribution in [0.25, 0.3) is 0 Å². The molecule has 0 saturated heterocycles. The van der Waals surface area contributed by atoms with Crippen molar-refractivity contribution in [3.8, 4) is 0 Å². The van der Waals surface area contributed by atoms with Gasteiger partial charge >= 0.3 is 5.97 Å². The first-order valence-electron chi connectivity index (χ1n) is 7.17. The second-order valence-corrected chi connectivity index (χ2v) is 5.74. The molecule has 2 N–H and O–H groups in total. The van der Waals surface area contributed by atoms with Gasteiger partial charge in [0.15, 0.2) is 0 Å². The number of carbonyl (C=O) groups is 2. The van der Waals surface area contributed by atoms with E-state index in [9.17, 15) is 9.59 Å². The summed E-state index contributed by atoms with van der Waals surface area (Å²) < 4.78 is 4.62. The van der Waals surface area contributed by atoms with Crippen LogP contribution >= 0.6 is 23.2 Å². The largest absolute Gasteiger partial charge is 0.465 e. The molecule has 0 spiro atoms. The average Bonchev–Trinajstić information content (AvgIpc) is 2.58. The van der Waals surface area contributed by atoms with Crippen LogP contribution in [0.3, 0.4) is 0 Å². The van der Waals surface area contributed by atoms with Crippen molar-refractivity contribution in [2.24, 2.45) is 0 Å². The van der Waals surface area contributed by atoms with Gasteiger partial charge in [0.2, 0.25) is 5.91 Å². The highest BCUT2D eigenvalue weighted by Crippen LogP contribution is 2.24. The van der Waals surface area contributed by atoms with E-state index in [1.807, 2.05) is 0 Å². The lowest BCUT2D eigenvalue weighted by Crippen LogP contribution is -2.16. The monoisotopic (exact) mass is 366 g/mol. The predicted molar refractivity (Wildman–Crippen MR) is 96.0 cm³/mol. The molecule has 0 aliphatic carbocycles. The first-order chi connectivity index (χ1) is 11.5. The van der Waals surface area contributed by atoms with E-state index in [2.05, 4.69) is 15.4 Å². The summed E-state index contributed by atoms with van der Waals surface area (Å²) in [5.74, 6) is -0.563. The topological polar surface area (TPSA) is 67.4 Å². The van der Waals surface area contributed by atoms with Crippen molar-refractivity contribution in [3.05, 3.63) is 58.1 Å². The van der Waals surface area contributed by atoms with Gasteiger partial charge in [0.25, 0.3) is 0 Å². The van der Waals surface area contributed by atoms with E-state index in [0.29, 0.717) is 27.8 Å². The van der Waals surface area contributed by atoms with E-state index in [1.54, 1.807) is 42.5 Å². The zero-order valence-corrected chi connectivity index (χ0v) is 14.4. The van der Waals surface area contributed by atoms with E-state index in [0.717, 1.165) is 5.69 Å². The second-order valence-electron chi connectivity index (χ2n) is 4.92. The molecule has 0 bridgehead atoms. The zero-order valence-electron chi connectivity index (χ0n) is 12.9. The summed E-state index contributed by atoms with van der Waals surface area (Å²) in [6.07, 6.45) is 0.277. The molecule has 24 heavy (non-hydrogen) atoms. The van der Waals surface area contributed by atoms with E-state index in [-0.39, 0.29) is 12.3 Å². The van der Waals surface area contributed by atoms with Gasteiger partial charge in [0, 0.05) is 24.3 Å². The van der Waals surface area contributed by atoms with Crippen LogP contribution in [0, 0.1) is 0 Å². The minimum Gasteiger partial charge on any atom is -0.465 e. The third kappa shape index (κ3) is 5.15. The van der Waals surface area contributed by atoms with Crippen LogP contribution in [0.5, 0.6) is 0 Å². The molecule has 5 nitrogen and oxygen atoms in total. The van der Waals surface area contributed by atoms with Gasteiger partial charge in [0.05, 0.1) is 22.7 Å². The van der Waals surface area contributed by atoms with Gasteiger partial charge < -0.3 is 15.4 Å². The van der Waals surface area contributed by atoms with Crippen LogP contribution in [-0.2, 0) is 9.53 Å². The van der Waals surface area contributed by atoms with Gasteiger partial charge in [-0.2, -0.15) is 0 Å². The van der Waals surface area contributed by atoms with Gasteiger partial charge in [0.1, 0.15) is 0 Å². The summed E-state index contributed by atoms with van der Waals surface area (Å²) in [5.41, 5.74) is 1.83. The van der Waals surface area contributed by atoms with Crippen molar-refractivity contribution in [1.82, 2.24) is 0 Å². The highest BCUT2D eigenvalue weighted by molar-refractivity contribution is 6.42. The van der Waals surface area contributed by atoms with Crippen LogP contribution in [0.4, 0.5) is 11.4 Å². The number of benzene rings is 2. The number of methoxy groups -OCH3 is 1. The minimum absolute atomic E-state index is 0.145. The van der Waals surface area contributed by atoms with Gasteiger partial charge in [-0.3, -0.25) is 4.79 Å². The fourth-order valence-corrected chi connectivity index (χ4v) is 2.26. The van der Waals surface area contributed by atoms with Crippen molar-refractivity contribution in [2.45, 2.75) is 6.42 Å². The highest BCUT2D eigenvalue weighted by atomic mass is 35.5. The number of hydrogen-bond acceptors (Lipinski definition) is 4. The third-order valence-electron chi connectivity index (χ3n) is 3.19. The average molecular weight is 367 g/mol. The molecule has 0 aromatic heterocycles. The van der Waals surface area contributed by atoms with Gasteiger partial charge in [-0.25, -0.2) is 4.79 Å². The Kier molecular flexibility index (Phi) is 6.46. The van der Waals surface area contributed by atoms with Crippen LogP contribution in [0.2, 0.25) is 10.0 Å². The first-order valence-corrected chi connectivity index (χ1v) is 7.92. The number of nitrogens with one attached hydrogen (secondary N) is 2. The van der Waals surface area contributed by atoms with Crippen molar-refractivity contribution in [1.29, 1.82) is 0 Å². The maximum Gasteiger partial charge on any atom is 0.337 e. The Labute approximate surface area is 149 Å². The lowest BCUT2D eigenvalue weighted by atomic mass is 10.2. The molecule has 2 aromatic carbocycles. The van der Waals surface area contributed by atoms with Crippen LogP contribution < -0.4 is 10.6 Å². The zero-order chi connectivity index (χ0) is 17.5. The molecule has 126 valence electrons. The maximum atomic E-state index is 11.9. The molecule has 2 rings (SSSR count). The quantitative estimate of drug-likeness (QED) is 0.751. The molecule has 0 unspecified atom stereocenters. The molecule has 0 atom stereocenters. The van der Waals surface area contributed by atoms with Gasteiger partial charge in [-0.15, -0.1) is 0 Å². The minimum atomic E-state index is -0.418. The SMILES string of the molecule is COC(=O)c1ccc(NC(=O)CCNc2ccc(Cl)c(Cl)c2)cc1. The molecule has 0 fully saturated rings. The molecule has 0 aliphatic rings. The second kappa shape index (κ2) is 8.57. The lowest BCUT2D eigenvalue weighted by Gasteiger charge is -2.08. The Hall–Kier alpha value is -2.24. The number of carbonyl (C=O) groups excluding carboxylic acids is 2. The third-order valence-corrected chi connectivity index (χ3v) is 3.93. The summed E-state index contributed by atoms with van der Waals surface area (Å²) in [6.45, 7) is 0.448. The molecule has 0 aliphatic heterocycles. The number of anilines is 2. The Bertz CT molecular complexity index is 733. The Morgan fingerprint density at radius 2 is 1.67 bits per heavy atom. The molecular formula is C17H16Cl2N2O3. The number of rotatable bonds is 6. The summed E-state index contributed by atoms with van der Waals surface area (Å²) >= 11 is 11.8. The number of hydrogen-bond donors (Lipinski definition) is 2. The Morgan fingerprint density at radius 3 is 2.29 bits per heavy atom. The maximum absolute atomic E-state index is 11.9. The van der Waals surface area contributed by atoms with Crippen LogP contribution in [0.15, 0.2) is 42.5 Å². The number of ether oxygens (including phenoxy) is 1. The van der Waals surface area contributed by atoms with Crippen LogP contribution in [0.1, 0.15) is 16.8 Å². The molecule has 1 amide bonds. The van der Waals surface area contributed by atoms with E-state index in [1.165, 1.54) is 7.11 Å². The van der Waals surface area contributed by atoms with E-state index >= 15 is 0 Å². The number of esters is 1. The van der Waals surface area contributed by atoms with Crippen molar-refractivity contribution in [2.75, 3.05) is 24.3 Å². The van der Waals surface area contributed by atoms with Crippen LogP contribution in [-0.4, -0.2) is 25.5 Å². The van der Waals surface area contributed by atoms with Crippen molar-refractivity contribution < 1.29 is 14.3 Å². The first kappa shape index (κ1) is 18.1. The van der Waals surface area contributed by atoms with Crippen molar-refractivity contribution in [3.63, 3.8) is 0 Å². The highest BCUT2D eigenvalue weighted by Gasteiger charge is 2.06. The summed E-state index contributed by atoms with van der Waals surface area (Å²) in [7, 11) is 1.32. The van der Waals surface area contributed by atoms with E-state index in [4.69, 9.17) is 23.2 Å². The molecule has 0 saturated carbocycles. The summed E-state index contributed by atoms with van der Waals surface area (Å²) in [5, 5.41) is 6.79. The fourth-order valence-electron chi connectivity index (χ4n) is 1.96. The Morgan fingerprint density at radius 1 is 1.00 bits per heavy atom. The van der Waals surface area contributed by atoms with Gasteiger partial charge in [-0.1, -0.05) is 23.2 Å². The number of amides is 1. The summed E-state index contributed by atoms with van der Waals surface area (Å²) in [6, 6.07) is 11.7. The van der Waals surface area contributed by atoms with Crippen molar-refractivity contribution >= 4 is 46.5 Å². The smallest absolute Gasteiger partial charge is 0.337 e.